The van der Waals surface area contributed by atoms with Crippen molar-refractivity contribution in [2.45, 2.75) is 32.4 Å². The maximum absolute atomic E-state index is 12.9. The molecule has 0 spiro atoms. The van der Waals surface area contributed by atoms with Crippen LogP contribution in [0.4, 0.5) is 5.82 Å². The minimum absolute atomic E-state index is 0.139. The largest absolute Gasteiger partial charge is 0.497 e. The third-order valence-electron chi connectivity index (χ3n) is 5.66. The normalized spacial score (nSPS) is 15.9. The van der Waals surface area contributed by atoms with Crippen molar-refractivity contribution in [1.82, 2.24) is 19.3 Å². The average molecular weight is 431 g/mol. The Balaban J connectivity index is 1.52. The number of para-hydroxylation sites is 2. The first-order chi connectivity index (χ1) is 15.6. The fraction of sp³-hybridized carbons (Fsp3) is 0.292. The van der Waals surface area contributed by atoms with Crippen molar-refractivity contribution in [2.75, 3.05) is 19.0 Å². The van der Waals surface area contributed by atoms with Crippen LogP contribution in [0.1, 0.15) is 28.9 Å². The number of hydrogen-bond acceptors (Lipinski definition) is 5. The lowest BCUT2D eigenvalue weighted by molar-refractivity contribution is 0.0976. The summed E-state index contributed by atoms with van der Waals surface area (Å²) in [6.45, 7) is 3.36. The Kier molecular flexibility index (Phi) is 5.36. The summed E-state index contributed by atoms with van der Waals surface area (Å²) in [6.07, 6.45) is 2.22. The summed E-state index contributed by atoms with van der Waals surface area (Å²) >= 11 is 0. The predicted octanol–water partition coefficient (Wildman–Crippen LogP) is 3.97. The molecule has 5 rings (SSSR count). The maximum Gasteiger partial charge on any atom is 0.256 e. The number of hydrogen-bond donors (Lipinski definition) is 1. The van der Waals surface area contributed by atoms with Gasteiger partial charge in [-0.05, 0) is 56.2 Å². The molecule has 0 saturated carbocycles. The smallest absolute Gasteiger partial charge is 0.256 e. The van der Waals surface area contributed by atoms with Crippen molar-refractivity contribution in [3.8, 4) is 11.7 Å². The summed E-state index contributed by atoms with van der Waals surface area (Å²) in [5.74, 6) is 1.69. The van der Waals surface area contributed by atoms with Crippen LogP contribution in [0.5, 0.6) is 5.75 Å². The van der Waals surface area contributed by atoms with E-state index in [4.69, 9.17) is 14.5 Å². The predicted molar refractivity (Wildman–Crippen MR) is 122 cm³/mol. The number of anilines is 1. The first-order valence-corrected chi connectivity index (χ1v) is 10.7. The van der Waals surface area contributed by atoms with E-state index in [2.05, 4.69) is 15.0 Å². The summed E-state index contributed by atoms with van der Waals surface area (Å²) in [5, 5.41) is 7.63. The van der Waals surface area contributed by atoms with Gasteiger partial charge < -0.3 is 19.4 Å². The van der Waals surface area contributed by atoms with Crippen LogP contribution in [0.15, 0.2) is 54.6 Å². The fourth-order valence-electron chi connectivity index (χ4n) is 4.07. The molecule has 1 aliphatic heterocycles. The number of nitrogens with zero attached hydrogens (tertiary/aromatic N) is 4. The minimum Gasteiger partial charge on any atom is -0.497 e. The molecule has 1 aliphatic rings. The van der Waals surface area contributed by atoms with Crippen LogP contribution < -0.4 is 10.1 Å². The molecular weight excluding hydrogens is 406 g/mol. The molecule has 2 aromatic heterocycles. The van der Waals surface area contributed by atoms with Gasteiger partial charge in [0.15, 0.2) is 0 Å². The standard InChI is InChI=1S/C24H25N5O3/c1-16-14-22(26-23(30)17-9-11-18(31-2)12-10-17)29(27-16)24-25-20-7-3-4-8-21(20)28(24)15-19-6-5-13-32-19/h3-4,7-12,14,19H,5-6,13,15H2,1-2H3,(H,26,30). The Morgan fingerprint density at radius 3 is 2.78 bits per heavy atom. The Hall–Kier alpha value is -3.65. The summed E-state index contributed by atoms with van der Waals surface area (Å²) in [7, 11) is 1.60. The van der Waals surface area contributed by atoms with Gasteiger partial charge in [0.25, 0.3) is 5.91 Å². The maximum atomic E-state index is 12.9. The summed E-state index contributed by atoms with van der Waals surface area (Å²) in [4.78, 5) is 17.7. The van der Waals surface area contributed by atoms with Gasteiger partial charge in [-0.25, -0.2) is 4.98 Å². The Morgan fingerprint density at radius 1 is 1.22 bits per heavy atom. The van der Waals surface area contributed by atoms with E-state index in [1.165, 1.54) is 0 Å². The van der Waals surface area contributed by atoms with Crippen LogP contribution in [0.3, 0.4) is 0 Å². The molecule has 1 amide bonds. The van der Waals surface area contributed by atoms with Crippen molar-refractivity contribution in [3.05, 3.63) is 65.9 Å². The fourth-order valence-corrected chi connectivity index (χ4v) is 4.07. The van der Waals surface area contributed by atoms with Gasteiger partial charge in [0.1, 0.15) is 11.6 Å². The number of aromatic nitrogens is 4. The van der Waals surface area contributed by atoms with Crippen LogP contribution in [0, 0.1) is 6.92 Å². The topological polar surface area (TPSA) is 83.2 Å². The Labute approximate surface area is 185 Å². The van der Waals surface area contributed by atoms with E-state index < -0.39 is 0 Å². The van der Waals surface area contributed by atoms with Crippen LogP contribution in [0.2, 0.25) is 0 Å². The highest BCUT2D eigenvalue weighted by Gasteiger charge is 2.23. The molecule has 0 bridgehead atoms. The molecule has 32 heavy (non-hydrogen) atoms. The van der Waals surface area contributed by atoms with E-state index in [1.54, 1.807) is 36.1 Å². The molecule has 164 valence electrons. The number of carbonyl (C=O) groups is 1. The second kappa shape index (κ2) is 8.47. The average Bonchev–Trinajstić information content (AvgIpc) is 3.54. The molecule has 4 aromatic rings. The van der Waals surface area contributed by atoms with E-state index in [9.17, 15) is 4.79 Å². The number of methoxy groups -OCH3 is 1. The molecule has 8 nitrogen and oxygen atoms in total. The number of aryl methyl sites for hydroxylation is 1. The van der Waals surface area contributed by atoms with Gasteiger partial charge in [-0.2, -0.15) is 9.78 Å². The van der Waals surface area contributed by atoms with Gasteiger partial charge in [-0.15, -0.1) is 0 Å². The highest BCUT2D eigenvalue weighted by atomic mass is 16.5. The molecule has 0 aliphatic carbocycles. The summed E-state index contributed by atoms with van der Waals surface area (Å²) < 4.78 is 14.9. The number of nitrogens with one attached hydrogen (secondary N) is 1. The third-order valence-corrected chi connectivity index (χ3v) is 5.66. The van der Waals surface area contributed by atoms with Crippen LogP contribution in [-0.4, -0.2) is 45.1 Å². The van der Waals surface area contributed by atoms with E-state index in [1.807, 2.05) is 37.3 Å². The second-order valence-corrected chi connectivity index (χ2v) is 7.91. The van der Waals surface area contributed by atoms with Crippen LogP contribution >= 0.6 is 0 Å². The van der Waals surface area contributed by atoms with E-state index >= 15 is 0 Å². The third kappa shape index (κ3) is 3.85. The Bertz CT molecular complexity index is 1250. The van der Waals surface area contributed by atoms with Gasteiger partial charge >= 0.3 is 0 Å². The molecule has 1 fully saturated rings. The second-order valence-electron chi connectivity index (χ2n) is 7.91. The number of benzene rings is 2. The number of rotatable bonds is 6. The zero-order valence-corrected chi connectivity index (χ0v) is 18.1. The van der Waals surface area contributed by atoms with E-state index in [0.29, 0.717) is 29.6 Å². The van der Waals surface area contributed by atoms with E-state index in [0.717, 1.165) is 36.2 Å². The molecule has 0 radical (unpaired) electrons. The van der Waals surface area contributed by atoms with Gasteiger partial charge in [0, 0.05) is 18.2 Å². The lowest BCUT2D eigenvalue weighted by Gasteiger charge is -2.15. The van der Waals surface area contributed by atoms with E-state index in [-0.39, 0.29) is 12.0 Å². The quantitative estimate of drug-likeness (QED) is 0.499. The summed E-state index contributed by atoms with van der Waals surface area (Å²) in [6, 6.07) is 16.8. The molecule has 1 atom stereocenters. The highest BCUT2D eigenvalue weighted by Crippen LogP contribution is 2.25. The molecule has 2 aromatic carbocycles. The number of carbonyl (C=O) groups excluding carboxylic acids is 1. The van der Waals surface area contributed by atoms with Crippen molar-refractivity contribution in [2.24, 2.45) is 0 Å². The zero-order chi connectivity index (χ0) is 22.1. The van der Waals surface area contributed by atoms with Crippen molar-refractivity contribution < 1.29 is 14.3 Å². The van der Waals surface area contributed by atoms with Gasteiger partial charge in [-0.3, -0.25) is 4.79 Å². The van der Waals surface area contributed by atoms with Crippen molar-refractivity contribution >= 4 is 22.8 Å². The SMILES string of the molecule is COc1ccc(C(=O)Nc2cc(C)nn2-c2nc3ccccc3n2CC2CCCO2)cc1. The Morgan fingerprint density at radius 2 is 2.03 bits per heavy atom. The van der Waals surface area contributed by atoms with Crippen LogP contribution in [-0.2, 0) is 11.3 Å². The molecule has 1 N–H and O–H groups in total. The van der Waals surface area contributed by atoms with Crippen molar-refractivity contribution in [1.29, 1.82) is 0 Å². The van der Waals surface area contributed by atoms with Crippen molar-refractivity contribution in [3.63, 3.8) is 0 Å². The molecule has 1 saturated heterocycles. The zero-order valence-electron chi connectivity index (χ0n) is 18.1. The van der Waals surface area contributed by atoms with Gasteiger partial charge in [0.05, 0.1) is 36.5 Å². The monoisotopic (exact) mass is 431 g/mol. The lowest BCUT2D eigenvalue weighted by Crippen LogP contribution is -2.20. The first kappa shape index (κ1) is 20.3. The minimum atomic E-state index is -0.226. The van der Waals surface area contributed by atoms with Crippen LogP contribution in [0.25, 0.3) is 17.0 Å². The lowest BCUT2D eigenvalue weighted by atomic mass is 10.2. The first-order valence-electron chi connectivity index (χ1n) is 10.7. The number of amides is 1. The van der Waals surface area contributed by atoms with Gasteiger partial charge in [-0.1, -0.05) is 12.1 Å². The highest BCUT2D eigenvalue weighted by molar-refractivity contribution is 6.04. The molecule has 1 unspecified atom stereocenters. The molecular formula is C24H25N5O3. The number of ether oxygens (including phenoxy) is 2. The molecule has 3 heterocycles. The summed E-state index contributed by atoms with van der Waals surface area (Å²) in [5.41, 5.74) is 3.20. The molecule has 8 heteroatoms. The number of imidazole rings is 1. The number of fused-ring (bicyclic) bond motifs is 1. The van der Waals surface area contributed by atoms with Gasteiger partial charge in [0.2, 0.25) is 5.95 Å².